The standard InChI is InChI=1S/C12H22N2O4/c1-18-7-5-14-9-10(8-11(14)16)12(17)13-4-2-3-6-15/h10,15H,2-9H2,1H3,(H,13,17). The number of nitrogens with one attached hydrogen (secondary N) is 1. The minimum Gasteiger partial charge on any atom is -0.396 e. The molecule has 0 aromatic rings. The molecule has 2 amide bonds. The first-order chi connectivity index (χ1) is 8.69. The first-order valence-electron chi connectivity index (χ1n) is 6.34. The van der Waals surface area contributed by atoms with Crippen LogP contribution in [-0.4, -0.2) is 61.8 Å². The third-order valence-corrected chi connectivity index (χ3v) is 3.03. The Morgan fingerprint density at radius 2 is 2.33 bits per heavy atom. The molecule has 0 spiro atoms. The van der Waals surface area contributed by atoms with Gasteiger partial charge >= 0.3 is 0 Å². The van der Waals surface area contributed by atoms with Gasteiger partial charge in [0.15, 0.2) is 0 Å². The summed E-state index contributed by atoms with van der Waals surface area (Å²) in [6, 6.07) is 0. The van der Waals surface area contributed by atoms with Crippen molar-refractivity contribution in [3.63, 3.8) is 0 Å². The van der Waals surface area contributed by atoms with E-state index in [0.717, 1.165) is 6.42 Å². The average molecular weight is 258 g/mol. The van der Waals surface area contributed by atoms with Gasteiger partial charge in [-0.3, -0.25) is 9.59 Å². The molecule has 18 heavy (non-hydrogen) atoms. The Labute approximate surface area is 107 Å². The average Bonchev–Trinajstić information content (AvgIpc) is 2.73. The van der Waals surface area contributed by atoms with E-state index >= 15 is 0 Å². The Bertz CT molecular complexity index is 283. The van der Waals surface area contributed by atoms with Crippen LogP contribution in [0.4, 0.5) is 0 Å². The molecule has 104 valence electrons. The van der Waals surface area contributed by atoms with Crippen LogP contribution in [-0.2, 0) is 14.3 Å². The molecule has 2 N–H and O–H groups in total. The van der Waals surface area contributed by atoms with Crippen molar-refractivity contribution >= 4 is 11.8 Å². The van der Waals surface area contributed by atoms with E-state index in [-0.39, 0.29) is 30.8 Å². The summed E-state index contributed by atoms with van der Waals surface area (Å²) >= 11 is 0. The zero-order chi connectivity index (χ0) is 13.4. The number of likely N-dealkylation sites (tertiary alicyclic amines) is 1. The maximum atomic E-state index is 11.8. The summed E-state index contributed by atoms with van der Waals surface area (Å²) in [5, 5.41) is 11.4. The van der Waals surface area contributed by atoms with Crippen molar-refractivity contribution in [3.05, 3.63) is 0 Å². The van der Waals surface area contributed by atoms with Crippen molar-refractivity contribution in [1.82, 2.24) is 10.2 Å². The van der Waals surface area contributed by atoms with Crippen molar-refractivity contribution in [1.29, 1.82) is 0 Å². The number of nitrogens with zero attached hydrogens (tertiary/aromatic N) is 1. The van der Waals surface area contributed by atoms with Gasteiger partial charge in [-0.15, -0.1) is 0 Å². The molecule has 0 aromatic carbocycles. The van der Waals surface area contributed by atoms with Crippen molar-refractivity contribution in [3.8, 4) is 0 Å². The Morgan fingerprint density at radius 1 is 1.56 bits per heavy atom. The lowest BCUT2D eigenvalue weighted by Gasteiger charge is -2.15. The van der Waals surface area contributed by atoms with Crippen LogP contribution in [0, 0.1) is 5.92 Å². The zero-order valence-corrected chi connectivity index (χ0v) is 10.9. The lowest BCUT2D eigenvalue weighted by atomic mass is 10.1. The molecule has 1 aliphatic rings. The van der Waals surface area contributed by atoms with Gasteiger partial charge in [-0.25, -0.2) is 0 Å². The predicted molar refractivity (Wildman–Crippen MR) is 65.9 cm³/mol. The second kappa shape index (κ2) is 8.05. The quantitative estimate of drug-likeness (QED) is 0.568. The number of hydrogen-bond donors (Lipinski definition) is 2. The van der Waals surface area contributed by atoms with Crippen LogP contribution in [0.3, 0.4) is 0 Å². The normalized spacial score (nSPS) is 19.3. The van der Waals surface area contributed by atoms with Gasteiger partial charge in [-0.1, -0.05) is 0 Å². The lowest BCUT2D eigenvalue weighted by molar-refractivity contribution is -0.129. The molecule has 1 saturated heterocycles. The van der Waals surface area contributed by atoms with E-state index < -0.39 is 0 Å². The van der Waals surface area contributed by atoms with Gasteiger partial charge < -0.3 is 20.1 Å². The van der Waals surface area contributed by atoms with E-state index in [1.54, 1.807) is 12.0 Å². The second-order valence-electron chi connectivity index (χ2n) is 4.46. The zero-order valence-electron chi connectivity index (χ0n) is 10.9. The molecular formula is C12H22N2O4. The number of aliphatic hydroxyl groups excluding tert-OH is 1. The second-order valence-corrected chi connectivity index (χ2v) is 4.46. The summed E-state index contributed by atoms with van der Waals surface area (Å²) in [7, 11) is 1.59. The summed E-state index contributed by atoms with van der Waals surface area (Å²) < 4.78 is 4.92. The van der Waals surface area contributed by atoms with Crippen LogP contribution >= 0.6 is 0 Å². The van der Waals surface area contributed by atoms with Crippen LogP contribution in [0.2, 0.25) is 0 Å². The Morgan fingerprint density at radius 3 is 3.00 bits per heavy atom. The van der Waals surface area contributed by atoms with Gasteiger partial charge in [0.2, 0.25) is 11.8 Å². The maximum Gasteiger partial charge on any atom is 0.225 e. The van der Waals surface area contributed by atoms with Gasteiger partial charge in [-0.05, 0) is 12.8 Å². The van der Waals surface area contributed by atoms with Crippen molar-refractivity contribution in [2.75, 3.05) is 40.0 Å². The smallest absolute Gasteiger partial charge is 0.225 e. The summed E-state index contributed by atoms with van der Waals surface area (Å²) in [5.41, 5.74) is 0. The monoisotopic (exact) mass is 258 g/mol. The van der Waals surface area contributed by atoms with E-state index in [9.17, 15) is 9.59 Å². The molecule has 0 radical (unpaired) electrons. The SMILES string of the molecule is COCCN1CC(C(=O)NCCCCO)CC1=O. The first-order valence-corrected chi connectivity index (χ1v) is 6.34. The molecule has 0 bridgehead atoms. The molecule has 1 atom stereocenters. The van der Waals surface area contributed by atoms with Crippen molar-refractivity contribution in [2.45, 2.75) is 19.3 Å². The number of rotatable bonds is 8. The number of aliphatic hydroxyl groups is 1. The van der Waals surface area contributed by atoms with Gasteiger partial charge in [0, 0.05) is 39.8 Å². The van der Waals surface area contributed by atoms with Crippen LogP contribution in [0.15, 0.2) is 0 Å². The van der Waals surface area contributed by atoms with Gasteiger partial charge in [0.1, 0.15) is 0 Å². The van der Waals surface area contributed by atoms with E-state index in [2.05, 4.69) is 5.32 Å². The topological polar surface area (TPSA) is 78.9 Å². The highest BCUT2D eigenvalue weighted by Gasteiger charge is 2.33. The number of ether oxygens (including phenoxy) is 1. The van der Waals surface area contributed by atoms with Gasteiger partial charge in [0.05, 0.1) is 12.5 Å². The number of methoxy groups -OCH3 is 1. The molecule has 1 fully saturated rings. The molecule has 0 saturated carbocycles. The summed E-state index contributed by atoms with van der Waals surface area (Å²) in [6.07, 6.45) is 1.73. The molecule has 6 nitrogen and oxygen atoms in total. The minimum absolute atomic E-state index is 0.0163. The first kappa shape index (κ1) is 14.9. The van der Waals surface area contributed by atoms with Gasteiger partial charge in [0.25, 0.3) is 0 Å². The number of carbonyl (C=O) groups excluding carboxylic acids is 2. The van der Waals surface area contributed by atoms with Crippen molar-refractivity contribution in [2.24, 2.45) is 5.92 Å². The molecule has 6 heteroatoms. The highest BCUT2D eigenvalue weighted by molar-refractivity contribution is 5.89. The number of carbonyl (C=O) groups is 2. The van der Waals surface area contributed by atoms with Crippen LogP contribution in [0.5, 0.6) is 0 Å². The molecular weight excluding hydrogens is 236 g/mol. The van der Waals surface area contributed by atoms with E-state index in [0.29, 0.717) is 32.7 Å². The van der Waals surface area contributed by atoms with Crippen LogP contribution < -0.4 is 5.32 Å². The van der Waals surface area contributed by atoms with E-state index in [1.807, 2.05) is 0 Å². The molecule has 0 aliphatic carbocycles. The fourth-order valence-electron chi connectivity index (χ4n) is 1.96. The number of amides is 2. The Hall–Kier alpha value is -1.14. The minimum atomic E-state index is -0.247. The molecule has 0 aromatic heterocycles. The van der Waals surface area contributed by atoms with E-state index in [4.69, 9.17) is 9.84 Å². The summed E-state index contributed by atoms with van der Waals surface area (Å²) in [6.45, 7) is 2.22. The van der Waals surface area contributed by atoms with Crippen LogP contribution in [0.25, 0.3) is 0 Å². The van der Waals surface area contributed by atoms with Crippen molar-refractivity contribution < 1.29 is 19.4 Å². The third kappa shape index (κ3) is 4.62. The van der Waals surface area contributed by atoms with Crippen LogP contribution in [0.1, 0.15) is 19.3 Å². The maximum absolute atomic E-state index is 11.8. The largest absolute Gasteiger partial charge is 0.396 e. The molecule has 1 aliphatic heterocycles. The molecule has 1 rings (SSSR count). The molecule has 1 unspecified atom stereocenters. The van der Waals surface area contributed by atoms with E-state index in [1.165, 1.54) is 0 Å². The Kier molecular flexibility index (Phi) is 6.67. The summed E-state index contributed by atoms with van der Waals surface area (Å²) in [5.74, 6) is -0.299. The fourth-order valence-corrected chi connectivity index (χ4v) is 1.96. The number of unbranched alkanes of at least 4 members (excludes halogenated alkanes) is 1. The fraction of sp³-hybridized carbons (Fsp3) is 0.833. The summed E-state index contributed by atoms with van der Waals surface area (Å²) in [4.78, 5) is 25.1. The Balaban J connectivity index is 2.26. The predicted octanol–water partition coefficient (Wildman–Crippen LogP) is -0.630. The highest BCUT2D eigenvalue weighted by atomic mass is 16.5. The third-order valence-electron chi connectivity index (χ3n) is 3.03. The van der Waals surface area contributed by atoms with Gasteiger partial charge in [-0.2, -0.15) is 0 Å². The highest BCUT2D eigenvalue weighted by Crippen LogP contribution is 2.17. The molecule has 1 heterocycles. The lowest BCUT2D eigenvalue weighted by Crippen LogP contribution is -2.34. The number of hydrogen-bond acceptors (Lipinski definition) is 4.